The lowest BCUT2D eigenvalue weighted by molar-refractivity contribution is -0.140. The number of amides is 3. The first-order valence-electron chi connectivity index (χ1n) is 9.96. The van der Waals surface area contributed by atoms with Crippen molar-refractivity contribution in [3.63, 3.8) is 0 Å². The van der Waals surface area contributed by atoms with Gasteiger partial charge >= 0.3 is 23.8 Å². The number of hydrogen-bond donors (Lipinski definition) is 4. The molecule has 0 aliphatic rings. The second-order valence-corrected chi connectivity index (χ2v) is 7.34. The van der Waals surface area contributed by atoms with Gasteiger partial charge in [0.05, 0.1) is 7.11 Å². The number of aromatic nitrogens is 2. The summed E-state index contributed by atoms with van der Waals surface area (Å²) in [7, 11) is 1.56. The highest BCUT2D eigenvalue weighted by molar-refractivity contribution is 5.99. The Morgan fingerprint density at radius 1 is 0.970 bits per heavy atom. The molecule has 0 aliphatic heterocycles. The normalized spacial score (nSPS) is 11.5. The predicted octanol–water partition coefficient (Wildman–Crippen LogP) is 3.23. The molecule has 3 aromatic rings. The first-order valence-corrected chi connectivity index (χ1v) is 9.96. The second kappa shape index (κ2) is 10.3. The minimum absolute atomic E-state index is 0.144. The van der Waals surface area contributed by atoms with Crippen molar-refractivity contribution in [2.24, 2.45) is 5.92 Å². The summed E-state index contributed by atoms with van der Waals surface area (Å²) in [6.45, 7) is 3.34. The highest BCUT2D eigenvalue weighted by atomic mass is 16.5. The number of anilines is 2. The fourth-order valence-electron chi connectivity index (χ4n) is 2.82. The van der Waals surface area contributed by atoms with Gasteiger partial charge in [-0.25, -0.2) is 9.59 Å². The van der Waals surface area contributed by atoms with Crippen molar-refractivity contribution >= 4 is 29.3 Å². The Bertz CT molecular complexity index is 1120. The molecule has 1 heterocycles. The Balaban J connectivity index is 1.60. The van der Waals surface area contributed by atoms with Crippen molar-refractivity contribution in [3.8, 4) is 17.1 Å². The summed E-state index contributed by atoms with van der Waals surface area (Å²) in [5.41, 5.74) is 1.66. The minimum atomic E-state index is -1.16. The van der Waals surface area contributed by atoms with Crippen molar-refractivity contribution in [3.05, 3.63) is 54.4 Å². The first kappa shape index (κ1) is 23.3. The number of nitrogens with zero attached hydrogens (tertiary/aromatic N) is 2. The van der Waals surface area contributed by atoms with Crippen molar-refractivity contribution < 1.29 is 28.8 Å². The smallest absolute Gasteiger partial charge is 0.326 e. The third kappa shape index (κ3) is 6.06. The molecular formula is C22H23N5O6. The van der Waals surface area contributed by atoms with Crippen LogP contribution in [0.2, 0.25) is 0 Å². The molecule has 2 aromatic carbocycles. The molecule has 0 saturated heterocycles. The summed E-state index contributed by atoms with van der Waals surface area (Å²) in [5, 5.41) is 20.7. The SMILES string of the molecule is COc1ccc(NC(=O)Nc2ccc(-c3noc(C(=O)NC(C(=O)O)C(C)C)n3)cc2)cc1. The summed E-state index contributed by atoms with van der Waals surface area (Å²) in [5.74, 6) is -1.78. The molecule has 1 atom stereocenters. The molecule has 1 unspecified atom stereocenters. The van der Waals surface area contributed by atoms with Crippen LogP contribution in [-0.4, -0.2) is 46.3 Å². The Kier molecular flexibility index (Phi) is 7.24. The number of carbonyl (C=O) groups is 3. The number of nitrogens with one attached hydrogen (secondary N) is 3. The third-order valence-electron chi connectivity index (χ3n) is 4.59. The summed E-state index contributed by atoms with van der Waals surface area (Å²) in [4.78, 5) is 39.7. The quantitative estimate of drug-likeness (QED) is 0.405. The number of rotatable bonds is 8. The van der Waals surface area contributed by atoms with Crippen LogP contribution in [-0.2, 0) is 4.79 Å². The van der Waals surface area contributed by atoms with Crippen molar-refractivity contribution in [1.82, 2.24) is 15.5 Å². The number of carboxylic acid groups (broad SMARTS) is 1. The van der Waals surface area contributed by atoms with E-state index in [1.807, 2.05) is 0 Å². The largest absolute Gasteiger partial charge is 0.497 e. The van der Waals surface area contributed by atoms with Crippen LogP contribution < -0.4 is 20.7 Å². The molecular weight excluding hydrogens is 430 g/mol. The van der Waals surface area contributed by atoms with Crippen LogP contribution in [0, 0.1) is 5.92 Å². The van der Waals surface area contributed by atoms with Gasteiger partial charge in [0.2, 0.25) is 5.82 Å². The zero-order valence-corrected chi connectivity index (χ0v) is 18.2. The lowest BCUT2D eigenvalue weighted by Crippen LogP contribution is -2.44. The molecule has 0 radical (unpaired) electrons. The van der Waals surface area contributed by atoms with Gasteiger partial charge in [0.1, 0.15) is 11.8 Å². The molecule has 172 valence electrons. The molecule has 11 heteroatoms. The van der Waals surface area contributed by atoms with Crippen LogP contribution >= 0.6 is 0 Å². The molecule has 1 aromatic heterocycles. The van der Waals surface area contributed by atoms with E-state index in [-0.39, 0.29) is 17.6 Å². The molecule has 33 heavy (non-hydrogen) atoms. The average molecular weight is 453 g/mol. The summed E-state index contributed by atoms with van der Waals surface area (Å²) >= 11 is 0. The van der Waals surface area contributed by atoms with E-state index >= 15 is 0 Å². The van der Waals surface area contributed by atoms with E-state index in [1.165, 1.54) is 0 Å². The minimum Gasteiger partial charge on any atom is -0.497 e. The Labute approximate surface area is 189 Å². The number of carbonyl (C=O) groups excluding carboxylic acids is 2. The maximum absolute atomic E-state index is 12.2. The molecule has 3 rings (SSSR count). The number of hydrogen-bond acceptors (Lipinski definition) is 7. The van der Waals surface area contributed by atoms with Crippen LogP contribution in [0.15, 0.2) is 53.1 Å². The van der Waals surface area contributed by atoms with Crippen molar-refractivity contribution in [2.45, 2.75) is 19.9 Å². The average Bonchev–Trinajstić information content (AvgIpc) is 3.28. The zero-order chi connectivity index (χ0) is 24.0. The summed E-state index contributed by atoms with van der Waals surface area (Å²) in [6.07, 6.45) is 0. The first-order chi connectivity index (χ1) is 15.8. The molecule has 0 fully saturated rings. The van der Waals surface area contributed by atoms with Crippen molar-refractivity contribution in [1.29, 1.82) is 0 Å². The van der Waals surface area contributed by atoms with E-state index in [1.54, 1.807) is 69.5 Å². The Morgan fingerprint density at radius 3 is 2.06 bits per heavy atom. The standard InChI is InChI=1S/C22H23N5O6/c1-12(2)17(21(29)30)25-19(28)20-26-18(27-33-20)13-4-6-14(7-5-13)23-22(31)24-15-8-10-16(32-3)11-9-15/h4-12,17H,1-3H3,(H,25,28)(H,29,30)(H2,23,24,31). The molecule has 3 amide bonds. The van der Waals surface area contributed by atoms with Gasteiger partial charge in [-0.1, -0.05) is 19.0 Å². The maximum Gasteiger partial charge on any atom is 0.326 e. The molecule has 0 saturated carbocycles. The summed E-state index contributed by atoms with van der Waals surface area (Å²) < 4.78 is 10.0. The molecule has 11 nitrogen and oxygen atoms in total. The number of aliphatic carboxylic acids is 1. The van der Waals surface area contributed by atoms with Gasteiger partial charge in [-0.3, -0.25) is 4.79 Å². The lowest BCUT2D eigenvalue weighted by atomic mass is 10.1. The van der Waals surface area contributed by atoms with E-state index in [9.17, 15) is 19.5 Å². The zero-order valence-electron chi connectivity index (χ0n) is 18.2. The van der Waals surface area contributed by atoms with Crippen LogP contribution in [0.25, 0.3) is 11.4 Å². The van der Waals surface area contributed by atoms with Gasteiger partial charge in [0.15, 0.2) is 0 Å². The number of ether oxygens (including phenoxy) is 1. The van der Waals surface area contributed by atoms with Gasteiger partial charge in [0.25, 0.3) is 0 Å². The topological polar surface area (TPSA) is 156 Å². The van der Waals surface area contributed by atoms with Gasteiger partial charge in [0, 0.05) is 16.9 Å². The van der Waals surface area contributed by atoms with E-state index in [4.69, 9.17) is 9.26 Å². The molecule has 0 bridgehead atoms. The third-order valence-corrected chi connectivity index (χ3v) is 4.59. The van der Waals surface area contributed by atoms with Gasteiger partial charge in [-0.2, -0.15) is 4.98 Å². The van der Waals surface area contributed by atoms with Crippen LogP contribution in [0.5, 0.6) is 5.75 Å². The van der Waals surface area contributed by atoms with Crippen LogP contribution in [0.3, 0.4) is 0 Å². The molecule has 4 N–H and O–H groups in total. The lowest BCUT2D eigenvalue weighted by Gasteiger charge is -2.16. The van der Waals surface area contributed by atoms with Crippen LogP contribution in [0.4, 0.5) is 16.2 Å². The molecule has 0 spiro atoms. The predicted molar refractivity (Wildman–Crippen MR) is 119 cm³/mol. The Hall–Kier alpha value is -4.41. The van der Waals surface area contributed by atoms with Gasteiger partial charge < -0.3 is 30.3 Å². The van der Waals surface area contributed by atoms with Crippen molar-refractivity contribution in [2.75, 3.05) is 17.7 Å². The van der Waals surface area contributed by atoms with E-state index in [0.717, 1.165) is 0 Å². The van der Waals surface area contributed by atoms with Gasteiger partial charge in [-0.15, -0.1) is 0 Å². The van der Waals surface area contributed by atoms with Crippen LogP contribution in [0.1, 0.15) is 24.5 Å². The van der Waals surface area contributed by atoms with E-state index in [0.29, 0.717) is 22.7 Å². The van der Waals surface area contributed by atoms with E-state index in [2.05, 4.69) is 26.1 Å². The van der Waals surface area contributed by atoms with Gasteiger partial charge in [-0.05, 0) is 54.4 Å². The monoisotopic (exact) mass is 453 g/mol. The molecule has 0 aliphatic carbocycles. The highest BCUT2D eigenvalue weighted by Gasteiger charge is 2.26. The maximum atomic E-state index is 12.2. The number of carboxylic acids is 1. The second-order valence-electron chi connectivity index (χ2n) is 7.34. The number of methoxy groups -OCH3 is 1. The fourth-order valence-corrected chi connectivity index (χ4v) is 2.82. The number of urea groups is 1. The number of benzene rings is 2. The summed E-state index contributed by atoms with van der Waals surface area (Å²) in [6, 6.07) is 11.9. The van der Waals surface area contributed by atoms with E-state index < -0.39 is 23.9 Å². The fraction of sp³-hybridized carbons (Fsp3) is 0.227. The highest BCUT2D eigenvalue weighted by Crippen LogP contribution is 2.20. The Morgan fingerprint density at radius 2 is 1.55 bits per heavy atom.